The number of hydrogen-bond acceptors (Lipinski definition) is 5. The first-order chi connectivity index (χ1) is 14.2. The first-order valence-corrected chi connectivity index (χ1v) is 10.0. The van der Waals surface area contributed by atoms with Crippen molar-refractivity contribution < 1.29 is 32.3 Å². The molecule has 0 saturated carbocycles. The summed E-state index contributed by atoms with van der Waals surface area (Å²) in [6, 6.07) is 9.54. The smallest absolute Gasteiger partial charge is 0.416 e. The number of amides is 2. The summed E-state index contributed by atoms with van der Waals surface area (Å²) in [5.74, 6) is -0.0730. The molecule has 30 heavy (non-hydrogen) atoms. The number of rotatable bonds is 7. The maximum absolute atomic E-state index is 12.7. The third-order valence-corrected chi connectivity index (χ3v) is 5.53. The van der Waals surface area contributed by atoms with Gasteiger partial charge >= 0.3 is 6.18 Å². The number of benzene rings is 2. The van der Waals surface area contributed by atoms with Crippen molar-refractivity contribution in [2.45, 2.75) is 25.6 Å². The second kappa shape index (κ2) is 8.91. The highest BCUT2D eigenvalue weighted by atomic mass is 32.2. The Kier molecular flexibility index (Phi) is 6.50. The number of carbonyl (C=O) groups is 3. The average molecular weight is 437 g/mol. The Morgan fingerprint density at radius 3 is 2.33 bits per heavy atom. The zero-order valence-corrected chi connectivity index (χ0v) is 16.8. The van der Waals surface area contributed by atoms with Crippen molar-refractivity contribution in [2.24, 2.45) is 0 Å². The Morgan fingerprint density at radius 1 is 1.10 bits per heavy atom. The monoisotopic (exact) mass is 437 g/mol. The molecule has 5 nitrogen and oxygen atoms in total. The molecular weight excluding hydrogens is 419 g/mol. The lowest BCUT2D eigenvalue weighted by atomic mass is 9.99. The third-order valence-electron chi connectivity index (χ3n) is 4.67. The molecule has 1 aliphatic rings. The van der Waals surface area contributed by atoms with Crippen LogP contribution in [0.4, 0.5) is 18.0 Å². The predicted molar refractivity (Wildman–Crippen MR) is 105 cm³/mol. The quantitative estimate of drug-likeness (QED) is 0.587. The van der Waals surface area contributed by atoms with Crippen LogP contribution in [-0.4, -0.2) is 34.7 Å². The fourth-order valence-electron chi connectivity index (χ4n) is 3.04. The molecule has 9 heteroatoms. The van der Waals surface area contributed by atoms with Gasteiger partial charge in [0.1, 0.15) is 5.75 Å². The van der Waals surface area contributed by atoms with Gasteiger partial charge < -0.3 is 4.74 Å². The van der Waals surface area contributed by atoms with Crippen molar-refractivity contribution in [3.05, 3.63) is 64.7 Å². The lowest BCUT2D eigenvalue weighted by Crippen LogP contribution is -2.28. The highest BCUT2D eigenvalue weighted by Gasteiger charge is 2.31. The van der Waals surface area contributed by atoms with Gasteiger partial charge in [0.2, 0.25) is 5.91 Å². The van der Waals surface area contributed by atoms with Gasteiger partial charge in [0.05, 0.1) is 30.5 Å². The second-order valence-electron chi connectivity index (χ2n) is 6.69. The standard InChI is InChI=1S/C21H18F3NO4S/c1-29-18-9-5-14(11-25-19(27)12-30-20(25)28)10-16(18)17(26)8-4-13-2-6-15(7-3-13)21(22,23)24/h2-3,5-7,9-10H,4,8,11-12H2,1H3. The van der Waals surface area contributed by atoms with E-state index in [1.54, 1.807) is 18.2 Å². The minimum Gasteiger partial charge on any atom is -0.496 e. The van der Waals surface area contributed by atoms with E-state index in [1.807, 2.05) is 0 Å². The zero-order chi connectivity index (χ0) is 21.9. The van der Waals surface area contributed by atoms with Gasteiger partial charge in [-0.25, -0.2) is 0 Å². The normalized spacial score (nSPS) is 14.3. The van der Waals surface area contributed by atoms with Gasteiger partial charge in [-0.2, -0.15) is 13.2 Å². The maximum atomic E-state index is 12.7. The van der Waals surface area contributed by atoms with E-state index in [1.165, 1.54) is 19.2 Å². The van der Waals surface area contributed by atoms with Gasteiger partial charge in [0.25, 0.3) is 5.24 Å². The van der Waals surface area contributed by atoms with Crippen LogP contribution < -0.4 is 4.74 Å². The molecule has 3 rings (SSSR count). The third kappa shape index (κ3) is 5.02. The van der Waals surface area contributed by atoms with Crippen LogP contribution in [0.25, 0.3) is 0 Å². The number of methoxy groups -OCH3 is 1. The number of ketones is 1. The minimum atomic E-state index is -4.40. The van der Waals surface area contributed by atoms with E-state index in [0.29, 0.717) is 22.4 Å². The Morgan fingerprint density at radius 2 is 1.77 bits per heavy atom. The van der Waals surface area contributed by atoms with Crippen molar-refractivity contribution in [2.75, 3.05) is 12.9 Å². The van der Waals surface area contributed by atoms with Gasteiger partial charge in [-0.3, -0.25) is 19.3 Å². The van der Waals surface area contributed by atoms with Crippen LogP contribution in [0.1, 0.15) is 33.5 Å². The Hall–Kier alpha value is -2.81. The van der Waals surface area contributed by atoms with E-state index in [9.17, 15) is 27.6 Å². The molecule has 1 saturated heterocycles. The molecule has 0 atom stereocenters. The molecule has 1 fully saturated rings. The summed E-state index contributed by atoms with van der Waals surface area (Å²) in [6.07, 6.45) is -4.06. The van der Waals surface area contributed by atoms with Crippen LogP contribution in [0.15, 0.2) is 42.5 Å². The van der Waals surface area contributed by atoms with Crippen molar-refractivity contribution in [3.63, 3.8) is 0 Å². The summed E-state index contributed by atoms with van der Waals surface area (Å²) in [7, 11) is 1.42. The Bertz CT molecular complexity index is 957. The van der Waals surface area contributed by atoms with Crippen molar-refractivity contribution >= 4 is 28.7 Å². The molecule has 0 spiro atoms. The molecule has 0 bridgehead atoms. The van der Waals surface area contributed by atoms with Crippen LogP contribution >= 0.6 is 11.8 Å². The molecular formula is C21H18F3NO4S. The minimum absolute atomic E-state index is 0.0633. The second-order valence-corrected chi connectivity index (χ2v) is 7.61. The van der Waals surface area contributed by atoms with Gasteiger partial charge in [0.15, 0.2) is 5.78 Å². The number of imide groups is 1. The highest BCUT2D eigenvalue weighted by molar-refractivity contribution is 8.14. The fraction of sp³-hybridized carbons (Fsp3) is 0.286. The van der Waals surface area contributed by atoms with Crippen molar-refractivity contribution in [1.82, 2.24) is 4.90 Å². The maximum Gasteiger partial charge on any atom is 0.416 e. The molecule has 0 radical (unpaired) electrons. The number of thioether (sulfide) groups is 1. The first-order valence-electron chi connectivity index (χ1n) is 9.02. The molecule has 1 heterocycles. The van der Waals surface area contributed by atoms with Crippen molar-refractivity contribution in [3.8, 4) is 5.75 Å². The SMILES string of the molecule is COc1ccc(CN2C(=O)CSC2=O)cc1C(=O)CCc1ccc(C(F)(F)F)cc1. The summed E-state index contributed by atoms with van der Waals surface area (Å²) < 4.78 is 43.2. The molecule has 2 amide bonds. The fourth-order valence-corrected chi connectivity index (χ4v) is 3.77. The lowest BCUT2D eigenvalue weighted by Gasteiger charge is -2.15. The molecule has 0 aliphatic carbocycles. The number of halogens is 3. The lowest BCUT2D eigenvalue weighted by molar-refractivity contribution is -0.137. The summed E-state index contributed by atoms with van der Waals surface area (Å²) in [4.78, 5) is 37.4. The highest BCUT2D eigenvalue weighted by Crippen LogP contribution is 2.30. The summed E-state index contributed by atoms with van der Waals surface area (Å²) in [5.41, 5.74) is 0.777. The molecule has 2 aromatic rings. The number of aryl methyl sites for hydroxylation is 1. The Balaban J connectivity index is 1.71. The molecule has 2 aromatic carbocycles. The van der Waals surface area contributed by atoms with E-state index in [-0.39, 0.29) is 42.1 Å². The number of ether oxygens (including phenoxy) is 1. The van der Waals surface area contributed by atoms with E-state index < -0.39 is 11.7 Å². The van der Waals surface area contributed by atoms with Gasteiger partial charge in [-0.1, -0.05) is 30.0 Å². The van der Waals surface area contributed by atoms with E-state index >= 15 is 0 Å². The molecule has 0 aromatic heterocycles. The average Bonchev–Trinajstić information content (AvgIpc) is 3.03. The summed E-state index contributed by atoms with van der Waals surface area (Å²) in [5, 5.41) is -0.328. The van der Waals surface area contributed by atoms with E-state index in [4.69, 9.17) is 4.74 Å². The zero-order valence-electron chi connectivity index (χ0n) is 16.0. The molecule has 0 unspecified atom stereocenters. The predicted octanol–water partition coefficient (Wildman–Crippen LogP) is 4.72. The number of nitrogens with zero attached hydrogens (tertiary/aromatic N) is 1. The van der Waals surface area contributed by atoms with Gasteiger partial charge in [0, 0.05) is 6.42 Å². The van der Waals surface area contributed by atoms with Crippen LogP contribution in [0.5, 0.6) is 5.75 Å². The van der Waals surface area contributed by atoms with Gasteiger partial charge in [-0.05, 0) is 41.8 Å². The molecule has 1 aliphatic heterocycles. The summed E-state index contributed by atoms with van der Waals surface area (Å²) >= 11 is 0.934. The molecule has 0 N–H and O–H groups in total. The van der Waals surface area contributed by atoms with Crippen LogP contribution in [0.3, 0.4) is 0 Å². The largest absolute Gasteiger partial charge is 0.496 e. The summed E-state index contributed by atoms with van der Waals surface area (Å²) in [6.45, 7) is 0.0633. The first kappa shape index (κ1) is 21.9. The number of alkyl halides is 3. The molecule has 158 valence electrons. The topological polar surface area (TPSA) is 63.7 Å². The number of hydrogen-bond donors (Lipinski definition) is 0. The number of carbonyl (C=O) groups excluding carboxylic acids is 3. The number of Topliss-reactive ketones (excluding diaryl/α,β-unsaturated/α-hetero) is 1. The van der Waals surface area contributed by atoms with E-state index in [2.05, 4.69) is 0 Å². The Labute approximate surface area is 175 Å². The van der Waals surface area contributed by atoms with Crippen LogP contribution in [0.2, 0.25) is 0 Å². The van der Waals surface area contributed by atoms with Crippen LogP contribution in [0, 0.1) is 0 Å². The van der Waals surface area contributed by atoms with Gasteiger partial charge in [-0.15, -0.1) is 0 Å². The van der Waals surface area contributed by atoms with Crippen molar-refractivity contribution in [1.29, 1.82) is 0 Å². The van der Waals surface area contributed by atoms with Crippen LogP contribution in [-0.2, 0) is 23.9 Å². The van der Waals surface area contributed by atoms with E-state index in [0.717, 1.165) is 28.8 Å².